The minimum atomic E-state index is 0.346. The van der Waals surface area contributed by atoms with E-state index in [2.05, 4.69) is 35.2 Å². The third-order valence-electron chi connectivity index (χ3n) is 4.18. The van der Waals surface area contributed by atoms with Crippen LogP contribution in [0.1, 0.15) is 18.4 Å². The van der Waals surface area contributed by atoms with Gasteiger partial charge in [0.15, 0.2) is 0 Å². The minimum Gasteiger partial charge on any atom is -0.381 e. The molecule has 3 nitrogen and oxygen atoms in total. The standard InChI is InChI=1S/C16H23NO2/c1-2-4-14(5-3-1)12-16-13-17(8-11-19-16)15-6-9-18-10-7-15/h1-5,15-16H,6-13H2/t16-/m1/s1. The van der Waals surface area contributed by atoms with Crippen molar-refractivity contribution in [1.29, 1.82) is 0 Å². The third kappa shape index (κ3) is 3.56. The van der Waals surface area contributed by atoms with Crippen molar-refractivity contribution >= 4 is 0 Å². The van der Waals surface area contributed by atoms with E-state index in [-0.39, 0.29) is 0 Å². The summed E-state index contributed by atoms with van der Waals surface area (Å²) in [6.45, 7) is 4.86. The number of benzene rings is 1. The van der Waals surface area contributed by atoms with Crippen LogP contribution in [-0.4, -0.2) is 50.0 Å². The van der Waals surface area contributed by atoms with Gasteiger partial charge in [-0.25, -0.2) is 0 Å². The van der Waals surface area contributed by atoms with Gasteiger partial charge in [-0.3, -0.25) is 4.90 Å². The van der Waals surface area contributed by atoms with E-state index in [1.54, 1.807) is 0 Å². The normalized spacial score (nSPS) is 26.4. The first kappa shape index (κ1) is 13.1. The summed E-state index contributed by atoms with van der Waals surface area (Å²) in [4.78, 5) is 2.61. The van der Waals surface area contributed by atoms with Crippen LogP contribution >= 0.6 is 0 Å². The highest BCUT2D eigenvalue weighted by Crippen LogP contribution is 2.19. The van der Waals surface area contributed by atoms with Gasteiger partial charge in [0.1, 0.15) is 0 Å². The zero-order valence-electron chi connectivity index (χ0n) is 11.5. The van der Waals surface area contributed by atoms with Gasteiger partial charge in [-0.1, -0.05) is 30.3 Å². The Hall–Kier alpha value is -0.900. The van der Waals surface area contributed by atoms with Gasteiger partial charge >= 0.3 is 0 Å². The van der Waals surface area contributed by atoms with Gasteiger partial charge in [-0.05, 0) is 24.8 Å². The van der Waals surface area contributed by atoms with E-state index in [1.807, 2.05) is 0 Å². The largest absolute Gasteiger partial charge is 0.381 e. The summed E-state index contributed by atoms with van der Waals surface area (Å²) >= 11 is 0. The Labute approximate surface area is 115 Å². The van der Waals surface area contributed by atoms with Crippen molar-refractivity contribution in [2.45, 2.75) is 31.4 Å². The second kappa shape index (κ2) is 6.51. The van der Waals surface area contributed by atoms with E-state index in [0.29, 0.717) is 12.1 Å². The zero-order valence-corrected chi connectivity index (χ0v) is 11.5. The van der Waals surface area contributed by atoms with E-state index in [4.69, 9.17) is 9.47 Å². The lowest BCUT2D eigenvalue weighted by Gasteiger charge is -2.39. The van der Waals surface area contributed by atoms with E-state index < -0.39 is 0 Å². The second-order valence-electron chi connectivity index (χ2n) is 5.52. The van der Waals surface area contributed by atoms with Crippen LogP contribution in [0, 0.1) is 0 Å². The Morgan fingerprint density at radius 3 is 2.63 bits per heavy atom. The monoisotopic (exact) mass is 261 g/mol. The molecule has 0 unspecified atom stereocenters. The molecule has 19 heavy (non-hydrogen) atoms. The molecule has 3 rings (SSSR count). The first-order chi connectivity index (χ1) is 9.42. The molecule has 2 saturated heterocycles. The molecule has 104 valence electrons. The van der Waals surface area contributed by atoms with Crippen molar-refractivity contribution in [2.24, 2.45) is 0 Å². The smallest absolute Gasteiger partial charge is 0.0742 e. The van der Waals surface area contributed by atoms with Crippen molar-refractivity contribution in [2.75, 3.05) is 32.9 Å². The summed E-state index contributed by atoms with van der Waals surface area (Å²) in [7, 11) is 0. The number of ether oxygens (including phenoxy) is 2. The first-order valence-electron chi connectivity index (χ1n) is 7.39. The number of nitrogens with zero attached hydrogens (tertiary/aromatic N) is 1. The predicted octanol–water partition coefficient (Wildman–Crippen LogP) is 2.11. The maximum Gasteiger partial charge on any atom is 0.0742 e. The fourth-order valence-corrected chi connectivity index (χ4v) is 3.12. The molecular weight excluding hydrogens is 238 g/mol. The van der Waals surface area contributed by atoms with Gasteiger partial charge in [-0.15, -0.1) is 0 Å². The van der Waals surface area contributed by atoms with Crippen molar-refractivity contribution in [3.63, 3.8) is 0 Å². The van der Waals surface area contributed by atoms with Gasteiger partial charge in [-0.2, -0.15) is 0 Å². The SMILES string of the molecule is c1ccc(C[C@@H]2CN(C3CCOCC3)CCO2)cc1. The number of morpholine rings is 1. The number of hydrogen-bond donors (Lipinski definition) is 0. The van der Waals surface area contributed by atoms with Crippen molar-refractivity contribution < 1.29 is 9.47 Å². The molecule has 0 N–H and O–H groups in total. The summed E-state index contributed by atoms with van der Waals surface area (Å²) in [5, 5.41) is 0. The molecule has 2 aliphatic rings. The van der Waals surface area contributed by atoms with Gasteiger partial charge in [0.05, 0.1) is 12.7 Å². The molecule has 1 aromatic rings. The van der Waals surface area contributed by atoms with Gasteiger partial charge < -0.3 is 9.47 Å². The molecule has 0 amide bonds. The van der Waals surface area contributed by atoms with Crippen LogP contribution in [0.15, 0.2) is 30.3 Å². The first-order valence-corrected chi connectivity index (χ1v) is 7.39. The van der Waals surface area contributed by atoms with Crippen LogP contribution in [0.4, 0.5) is 0 Å². The lowest BCUT2D eigenvalue weighted by atomic mass is 10.0. The molecular formula is C16H23NO2. The molecule has 0 spiro atoms. The van der Waals surface area contributed by atoms with E-state index in [9.17, 15) is 0 Å². The fraction of sp³-hybridized carbons (Fsp3) is 0.625. The minimum absolute atomic E-state index is 0.346. The summed E-state index contributed by atoms with van der Waals surface area (Å²) in [6, 6.07) is 11.4. The molecule has 0 saturated carbocycles. The van der Waals surface area contributed by atoms with E-state index >= 15 is 0 Å². The van der Waals surface area contributed by atoms with E-state index in [0.717, 1.165) is 39.3 Å². The molecule has 0 radical (unpaired) electrons. The molecule has 2 fully saturated rings. The molecule has 0 bridgehead atoms. The Morgan fingerprint density at radius 1 is 1.05 bits per heavy atom. The van der Waals surface area contributed by atoms with Crippen LogP contribution in [-0.2, 0) is 15.9 Å². The number of rotatable bonds is 3. The van der Waals surface area contributed by atoms with Crippen LogP contribution in [0.5, 0.6) is 0 Å². The molecule has 0 aromatic heterocycles. The van der Waals surface area contributed by atoms with Gasteiger partial charge in [0, 0.05) is 32.3 Å². The topological polar surface area (TPSA) is 21.7 Å². The van der Waals surface area contributed by atoms with Gasteiger partial charge in [0.25, 0.3) is 0 Å². The highest BCUT2D eigenvalue weighted by Gasteiger charge is 2.27. The van der Waals surface area contributed by atoms with Crippen molar-refractivity contribution in [3.8, 4) is 0 Å². The Morgan fingerprint density at radius 2 is 1.84 bits per heavy atom. The Kier molecular flexibility index (Phi) is 4.49. The second-order valence-corrected chi connectivity index (χ2v) is 5.52. The lowest BCUT2D eigenvalue weighted by molar-refractivity contribution is -0.0610. The molecule has 2 aliphatic heterocycles. The molecule has 1 aromatic carbocycles. The predicted molar refractivity (Wildman–Crippen MR) is 75.3 cm³/mol. The average Bonchev–Trinajstić information content (AvgIpc) is 2.49. The summed E-state index contributed by atoms with van der Waals surface area (Å²) in [6.07, 6.45) is 3.73. The van der Waals surface area contributed by atoms with Crippen molar-refractivity contribution in [1.82, 2.24) is 4.90 Å². The third-order valence-corrected chi connectivity index (χ3v) is 4.18. The molecule has 2 heterocycles. The number of hydrogen-bond acceptors (Lipinski definition) is 3. The molecule has 1 atom stereocenters. The Bertz CT molecular complexity index is 376. The average molecular weight is 261 g/mol. The van der Waals surface area contributed by atoms with E-state index in [1.165, 1.54) is 18.4 Å². The highest BCUT2D eigenvalue weighted by molar-refractivity contribution is 5.15. The van der Waals surface area contributed by atoms with Crippen LogP contribution < -0.4 is 0 Å². The van der Waals surface area contributed by atoms with Crippen molar-refractivity contribution in [3.05, 3.63) is 35.9 Å². The quantitative estimate of drug-likeness (QED) is 0.832. The van der Waals surface area contributed by atoms with Crippen LogP contribution in [0.2, 0.25) is 0 Å². The maximum absolute atomic E-state index is 5.93. The van der Waals surface area contributed by atoms with Gasteiger partial charge in [0.2, 0.25) is 0 Å². The maximum atomic E-state index is 5.93. The fourth-order valence-electron chi connectivity index (χ4n) is 3.12. The summed E-state index contributed by atoms with van der Waals surface area (Å²) < 4.78 is 11.4. The molecule has 0 aliphatic carbocycles. The molecule has 3 heteroatoms. The highest BCUT2D eigenvalue weighted by atomic mass is 16.5. The zero-order chi connectivity index (χ0) is 12.9. The summed E-state index contributed by atoms with van der Waals surface area (Å²) in [5.41, 5.74) is 1.38. The van der Waals surface area contributed by atoms with Crippen LogP contribution in [0.25, 0.3) is 0 Å². The lowest BCUT2D eigenvalue weighted by Crippen LogP contribution is -2.49. The summed E-state index contributed by atoms with van der Waals surface area (Å²) in [5.74, 6) is 0. The Balaban J connectivity index is 1.55. The van der Waals surface area contributed by atoms with Crippen LogP contribution in [0.3, 0.4) is 0 Å².